The molecular formula is C13H12ClNS. The fourth-order valence-electron chi connectivity index (χ4n) is 2.22. The molecule has 2 heterocycles. The molecule has 1 aliphatic rings. The predicted molar refractivity (Wildman–Crippen MR) is 69.1 cm³/mol. The van der Waals surface area contributed by atoms with Crippen LogP contribution in [0.2, 0.25) is 4.34 Å². The van der Waals surface area contributed by atoms with Crippen LogP contribution in [0.15, 0.2) is 36.4 Å². The maximum Gasteiger partial charge on any atom is 0.0931 e. The van der Waals surface area contributed by atoms with Crippen molar-refractivity contribution in [2.45, 2.75) is 19.0 Å². The van der Waals surface area contributed by atoms with Crippen LogP contribution < -0.4 is 5.32 Å². The van der Waals surface area contributed by atoms with Crippen LogP contribution in [-0.4, -0.2) is 0 Å². The zero-order chi connectivity index (χ0) is 11.0. The van der Waals surface area contributed by atoms with Crippen molar-refractivity contribution < 1.29 is 0 Å². The summed E-state index contributed by atoms with van der Waals surface area (Å²) < 4.78 is 0.876. The minimum absolute atomic E-state index is 0.450. The van der Waals surface area contributed by atoms with Gasteiger partial charge in [0.05, 0.1) is 4.34 Å². The average Bonchev–Trinajstić information content (AvgIpc) is 2.87. The molecule has 16 heavy (non-hydrogen) atoms. The molecule has 0 saturated carbocycles. The summed E-state index contributed by atoms with van der Waals surface area (Å²) in [6.45, 7) is 0.986. The molecule has 1 unspecified atom stereocenters. The Balaban J connectivity index is 1.83. The molecule has 0 amide bonds. The number of nitrogens with one attached hydrogen (secondary N) is 1. The van der Waals surface area contributed by atoms with Crippen LogP contribution in [0, 0.1) is 0 Å². The van der Waals surface area contributed by atoms with Gasteiger partial charge >= 0.3 is 0 Å². The lowest BCUT2D eigenvalue weighted by molar-refractivity contribution is 0.585. The number of halogens is 1. The van der Waals surface area contributed by atoms with Gasteiger partial charge in [-0.3, -0.25) is 0 Å². The molecule has 1 aromatic heterocycles. The van der Waals surface area contributed by atoms with Gasteiger partial charge in [-0.15, -0.1) is 11.3 Å². The second-order valence-electron chi connectivity index (χ2n) is 4.04. The van der Waals surface area contributed by atoms with Crippen LogP contribution in [-0.2, 0) is 13.0 Å². The third-order valence-electron chi connectivity index (χ3n) is 3.00. The Labute approximate surface area is 104 Å². The van der Waals surface area contributed by atoms with Crippen LogP contribution in [0.4, 0.5) is 0 Å². The number of hydrogen-bond donors (Lipinski definition) is 1. The Kier molecular flexibility index (Phi) is 2.72. The first-order chi connectivity index (χ1) is 7.83. The van der Waals surface area contributed by atoms with Crippen molar-refractivity contribution >= 4 is 22.9 Å². The monoisotopic (exact) mass is 249 g/mol. The maximum absolute atomic E-state index is 5.94. The zero-order valence-electron chi connectivity index (χ0n) is 8.74. The van der Waals surface area contributed by atoms with Gasteiger partial charge in [-0.2, -0.15) is 0 Å². The number of fused-ring (bicyclic) bond motifs is 1. The van der Waals surface area contributed by atoms with E-state index >= 15 is 0 Å². The second kappa shape index (κ2) is 4.21. The molecule has 3 heteroatoms. The second-order valence-corrected chi connectivity index (χ2v) is 5.84. The summed E-state index contributed by atoms with van der Waals surface area (Å²) in [7, 11) is 0. The van der Waals surface area contributed by atoms with Crippen molar-refractivity contribution in [2.75, 3.05) is 0 Å². The lowest BCUT2D eigenvalue weighted by Crippen LogP contribution is -2.13. The molecule has 3 rings (SSSR count). The van der Waals surface area contributed by atoms with E-state index in [1.165, 1.54) is 16.0 Å². The summed E-state index contributed by atoms with van der Waals surface area (Å²) in [6.07, 6.45) is 1.04. The fraction of sp³-hybridized carbons (Fsp3) is 0.231. The fourth-order valence-corrected chi connectivity index (χ4v) is 3.36. The third-order valence-corrected chi connectivity index (χ3v) is 4.26. The van der Waals surface area contributed by atoms with Gasteiger partial charge in [0.25, 0.3) is 0 Å². The van der Waals surface area contributed by atoms with Gasteiger partial charge in [0, 0.05) is 23.9 Å². The highest BCUT2D eigenvalue weighted by Crippen LogP contribution is 2.31. The lowest BCUT2D eigenvalue weighted by Gasteiger charge is -2.10. The molecule has 82 valence electrons. The molecule has 1 aromatic carbocycles. The first kappa shape index (κ1) is 10.3. The Morgan fingerprint density at radius 3 is 2.94 bits per heavy atom. The van der Waals surface area contributed by atoms with Crippen LogP contribution >= 0.6 is 22.9 Å². The Morgan fingerprint density at radius 2 is 2.12 bits per heavy atom. The molecule has 0 aliphatic carbocycles. The number of thiophene rings is 1. The number of hydrogen-bond acceptors (Lipinski definition) is 2. The van der Waals surface area contributed by atoms with Crippen molar-refractivity contribution in [2.24, 2.45) is 0 Å². The standard InChI is InChI=1S/C13H12ClNS/c14-13-6-5-10(16-13)7-12-11-4-2-1-3-9(11)8-15-12/h1-6,12,15H,7-8H2. The normalized spacial score (nSPS) is 18.7. The SMILES string of the molecule is Clc1ccc(CC2NCc3ccccc32)s1. The van der Waals surface area contributed by atoms with E-state index in [1.807, 2.05) is 6.07 Å². The molecular weight excluding hydrogens is 238 g/mol. The van der Waals surface area contributed by atoms with Crippen LogP contribution in [0.5, 0.6) is 0 Å². The number of rotatable bonds is 2. The van der Waals surface area contributed by atoms with E-state index in [4.69, 9.17) is 11.6 Å². The third kappa shape index (κ3) is 1.88. The quantitative estimate of drug-likeness (QED) is 0.854. The van der Waals surface area contributed by atoms with E-state index < -0.39 is 0 Å². The van der Waals surface area contributed by atoms with E-state index in [9.17, 15) is 0 Å². The first-order valence-electron chi connectivity index (χ1n) is 5.38. The van der Waals surface area contributed by atoms with E-state index in [0.29, 0.717) is 6.04 Å². The topological polar surface area (TPSA) is 12.0 Å². The van der Waals surface area contributed by atoms with Crippen molar-refractivity contribution in [3.63, 3.8) is 0 Å². The summed E-state index contributed by atoms with van der Waals surface area (Å²) in [6, 6.07) is 13.2. The molecule has 0 bridgehead atoms. The Hall–Kier alpha value is -0.830. The zero-order valence-corrected chi connectivity index (χ0v) is 10.3. The highest BCUT2D eigenvalue weighted by atomic mass is 35.5. The van der Waals surface area contributed by atoms with E-state index in [2.05, 4.69) is 35.6 Å². The molecule has 2 aromatic rings. The first-order valence-corrected chi connectivity index (χ1v) is 6.58. The molecule has 0 radical (unpaired) electrons. The van der Waals surface area contributed by atoms with Crippen LogP contribution in [0.25, 0.3) is 0 Å². The highest BCUT2D eigenvalue weighted by Gasteiger charge is 2.21. The molecule has 1 atom stereocenters. The van der Waals surface area contributed by atoms with Crippen LogP contribution in [0.3, 0.4) is 0 Å². The van der Waals surface area contributed by atoms with Gasteiger partial charge in [-0.05, 0) is 23.3 Å². The summed E-state index contributed by atoms with van der Waals surface area (Å²) >= 11 is 7.62. The predicted octanol–water partition coefficient (Wildman–Crippen LogP) is 3.79. The van der Waals surface area contributed by atoms with Crippen LogP contribution in [0.1, 0.15) is 22.0 Å². The smallest absolute Gasteiger partial charge is 0.0931 e. The molecule has 1 aliphatic heterocycles. The number of benzene rings is 1. The van der Waals surface area contributed by atoms with Crippen molar-refractivity contribution in [1.82, 2.24) is 5.32 Å². The lowest BCUT2D eigenvalue weighted by atomic mass is 10.0. The summed E-state index contributed by atoms with van der Waals surface area (Å²) in [5.74, 6) is 0. The summed E-state index contributed by atoms with van der Waals surface area (Å²) in [5, 5.41) is 3.54. The van der Waals surface area contributed by atoms with Gasteiger partial charge in [-0.25, -0.2) is 0 Å². The molecule has 1 N–H and O–H groups in total. The Morgan fingerprint density at radius 1 is 1.25 bits per heavy atom. The minimum atomic E-state index is 0.450. The molecule has 0 saturated heterocycles. The summed E-state index contributed by atoms with van der Waals surface area (Å²) in [5.41, 5.74) is 2.86. The van der Waals surface area contributed by atoms with E-state index in [-0.39, 0.29) is 0 Å². The van der Waals surface area contributed by atoms with E-state index in [1.54, 1.807) is 11.3 Å². The van der Waals surface area contributed by atoms with Gasteiger partial charge in [0.1, 0.15) is 0 Å². The van der Waals surface area contributed by atoms with Crippen molar-refractivity contribution in [3.8, 4) is 0 Å². The highest BCUT2D eigenvalue weighted by molar-refractivity contribution is 7.16. The van der Waals surface area contributed by atoms with Gasteiger partial charge in [0.15, 0.2) is 0 Å². The molecule has 1 nitrogen and oxygen atoms in total. The van der Waals surface area contributed by atoms with Crippen molar-refractivity contribution in [1.29, 1.82) is 0 Å². The largest absolute Gasteiger partial charge is 0.306 e. The van der Waals surface area contributed by atoms with E-state index in [0.717, 1.165) is 17.3 Å². The Bertz CT molecular complexity index is 506. The van der Waals surface area contributed by atoms with Gasteiger partial charge in [0.2, 0.25) is 0 Å². The molecule has 0 fully saturated rings. The van der Waals surface area contributed by atoms with Crippen molar-refractivity contribution in [3.05, 3.63) is 56.7 Å². The minimum Gasteiger partial charge on any atom is -0.306 e. The average molecular weight is 250 g/mol. The molecule has 0 spiro atoms. The van der Waals surface area contributed by atoms with Gasteiger partial charge in [-0.1, -0.05) is 35.9 Å². The van der Waals surface area contributed by atoms with Gasteiger partial charge < -0.3 is 5.32 Å². The maximum atomic E-state index is 5.94. The summed E-state index contributed by atoms with van der Waals surface area (Å²) in [4.78, 5) is 1.35.